The smallest absolute Gasteiger partial charge is 0.236 e. The van der Waals surface area contributed by atoms with Crippen LogP contribution >= 0.6 is 0 Å². The molecule has 0 radical (unpaired) electrons. The van der Waals surface area contributed by atoms with Crippen LogP contribution in [0.25, 0.3) is 0 Å². The number of nitrogens with zero attached hydrogens (tertiary/aromatic N) is 1. The first-order valence-electron chi connectivity index (χ1n) is 7.00. The highest BCUT2D eigenvalue weighted by atomic mass is 16.2. The second-order valence-corrected chi connectivity index (χ2v) is 4.92. The van der Waals surface area contributed by atoms with Crippen LogP contribution in [0.3, 0.4) is 0 Å². The fourth-order valence-electron chi connectivity index (χ4n) is 2.19. The zero-order valence-corrected chi connectivity index (χ0v) is 11.2. The lowest BCUT2D eigenvalue weighted by Crippen LogP contribution is -2.33. The van der Waals surface area contributed by atoms with E-state index in [1.54, 1.807) is 0 Å². The van der Waals surface area contributed by atoms with E-state index in [0.29, 0.717) is 19.4 Å². The lowest BCUT2D eigenvalue weighted by atomic mass is 10.1. The minimum atomic E-state index is -0.309. The summed E-state index contributed by atoms with van der Waals surface area (Å²) in [5.74, 6) is -0.469. The summed E-state index contributed by atoms with van der Waals surface area (Å²) in [4.78, 5) is 35.8. The zero-order chi connectivity index (χ0) is 13.4. The van der Waals surface area contributed by atoms with Crippen molar-refractivity contribution in [3.05, 3.63) is 0 Å². The molecular formula is C14H23NO3. The zero-order valence-electron chi connectivity index (χ0n) is 11.2. The van der Waals surface area contributed by atoms with Crippen LogP contribution in [0.4, 0.5) is 0 Å². The van der Waals surface area contributed by atoms with E-state index in [1.807, 2.05) is 0 Å². The molecule has 0 aromatic heterocycles. The second-order valence-electron chi connectivity index (χ2n) is 4.92. The van der Waals surface area contributed by atoms with Crippen molar-refractivity contribution in [2.24, 2.45) is 0 Å². The van der Waals surface area contributed by atoms with Gasteiger partial charge in [0.05, 0.1) is 6.42 Å². The van der Waals surface area contributed by atoms with Gasteiger partial charge in [-0.05, 0) is 12.8 Å². The molecular weight excluding hydrogens is 230 g/mol. The summed E-state index contributed by atoms with van der Waals surface area (Å²) in [6, 6.07) is 0. The SMILES string of the molecule is CCCCCCCC(=O)CC(=O)N1CCCC1=O. The lowest BCUT2D eigenvalue weighted by Gasteiger charge is -2.12. The molecule has 0 aromatic carbocycles. The maximum Gasteiger partial charge on any atom is 0.236 e. The number of hydrogen-bond acceptors (Lipinski definition) is 3. The van der Waals surface area contributed by atoms with Crippen LogP contribution in [0.5, 0.6) is 0 Å². The summed E-state index contributed by atoms with van der Waals surface area (Å²) in [6.45, 7) is 2.64. The van der Waals surface area contributed by atoms with Gasteiger partial charge in [0.1, 0.15) is 5.78 Å². The summed E-state index contributed by atoms with van der Waals surface area (Å²) in [5.41, 5.74) is 0. The van der Waals surface area contributed by atoms with Gasteiger partial charge in [0.25, 0.3) is 0 Å². The number of likely N-dealkylation sites (tertiary alicyclic amines) is 1. The van der Waals surface area contributed by atoms with Crippen molar-refractivity contribution in [1.29, 1.82) is 0 Å². The molecule has 2 amide bonds. The highest BCUT2D eigenvalue weighted by Gasteiger charge is 2.27. The van der Waals surface area contributed by atoms with E-state index in [1.165, 1.54) is 17.7 Å². The van der Waals surface area contributed by atoms with Crippen molar-refractivity contribution in [3.8, 4) is 0 Å². The molecule has 1 aliphatic rings. The van der Waals surface area contributed by atoms with E-state index < -0.39 is 0 Å². The molecule has 0 unspecified atom stereocenters. The number of unbranched alkanes of at least 4 members (excludes halogenated alkanes) is 4. The molecule has 1 heterocycles. The molecule has 0 bridgehead atoms. The molecule has 1 saturated heterocycles. The Morgan fingerprint density at radius 3 is 2.50 bits per heavy atom. The van der Waals surface area contributed by atoms with Crippen molar-refractivity contribution in [2.45, 2.75) is 64.7 Å². The number of ketones is 1. The third-order valence-electron chi connectivity index (χ3n) is 3.28. The number of carbonyl (C=O) groups is 3. The Morgan fingerprint density at radius 1 is 1.17 bits per heavy atom. The average molecular weight is 253 g/mol. The van der Waals surface area contributed by atoms with Crippen molar-refractivity contribution >= 4 is 17.6 Å². The van der Waals surface area contributed by atoms with Gasteiger partial charge in [-0.1, -0.05) is 32.6 Å². The van der Waals surface area contributed by atoms with Crippen LogP contribution in [0.15, 0.2) is 0 Å². The standard InChI is InChI=1S/C14H23NO3/c1-2-3-4-5-6-8-12(16)11-14(18)15-10-7-9-13(15)17/h2-11H2,1H3. The van der Waals surface area contributed by atoms with E-state index in [9.17, 15) is 14.4 Å². The normalized spacial score (nSPS) is 15.2. The van der Waals surface area contributed by atoms with E-state index >= 15 is 0 Å². The quantitative estimate of drug-likeness (QED) is 0.493. The molecule has 0 saturated carbocycles. The minimum absolute atomic E-state index is 0.0313. The largest absolute Gasteiger partial charge is 0.299 e. The highest BCUT2D eigenvalue weighted by Crippen LogP contribution is 2.12. The Kier molecular flexibility index (Phi) is 6.61. The molecule has 1 fully saturated rings. The fraction of sp³-hybridized carbons (Fsp3) is 0.786. The molecule has 0 aliphatic carbocycles. The number of Topliss-reactive ketones (excluding diaryl/α,β-unsaturated/α-hetero) is 1. The second kappa shape index (κ2) is 8.01. The molecule has 0 aromatic rings. The predicted molar refractivity (Wildman–Crippen MR) is 69.0 cm³/mol. The fourth-order valence-corrected chi connectivity index (χ4v) is 2.19. The summed E-state index contributed by atoms with van der Waals surface area (Å²) in [6.07, 6.45) is 7.00. The van der Waals surface area contributed by atoms with Gasteiger partial charge < -0.3 is 0 Å². The maximum absolute atomic E-state index is 11.7. The van der Waals surface area contributed by atoms with E-state index in [4.69, 9.17) is 0 Å². The van der Waals surface area contributed by atoms with Gasteiger partial charge in [-0.25, -0.2) is 0 Å². The number of imide groups is 1. The molecule has 1 aliphatic heterocycles. The van der Waals surface area contributed by atoms with Crippen LogP contribution in [-0.4, -0.2) is 29.0 Å². The summed E-state index contributed by atoms with van der Waals surface area (Å²) >= 11 is 0. The Bertz CT molecular complexity index is 312. The topological polar surface area (TPSA) is 54.5 Å². The van der Waals surface area contributed by atoms with E-state index in [-0.39, 0.29) is 24.0 Å². The average Bonchev–Trinajstić information content (AvgIpc) is 2.75. The minimum Gasteiger partial charge on any atom is -0.299 e. The molecule has 1 rings (SSSR count). The van der Waals surface area contributed by atoms with Gasteiger partial charge in [-0.15, -0.1) is 0 Å². The Balaban J connectivity index is 2.15. The summed E-state index contributed by atoms with van der Waals surface area (Å²) in [7, 11) is 0. The van der Waals surface area contributed by atoms with Crippen LogP contribution in [0, 0.1) is 0 Å². The van der Waals surface area contributed by atoms with Crippen molar-refractivity contribution in [2.75, 3.05) is 6.54 Å². The molecule has 102 valence electrons. The number of carbonyl (C=O) groups excluding carboxylic acids is 3. The Hall–Kier alpha value is -1.19. The van der Waals surface area contributed by atoms with Gasteiger partial charge >= 0.3 is 0 Å². The van der Waals surface area contributed by atoms with Gasteiger partial charge in [0.2, 0.25) is 11.8 Å². The first-order chi connectivity index (χ1) is 8.65. The van der Waals surface area contributed by atoms with Crippen LogP contribution in [0.2, 0.25) is 0 Å². The first kappa shape index (κ1) is 14.9. The van der Waals surface area contributed by atoms with Crippen LogP contribution in [-0.2, 0) is 14.4 Å². The lowest BCUT2D eigenvalue weighted by molar-refractivity contribution is -0.143. The molecule has 0 spiro atoms. The number of amides is 2. The Morgan fingerprint density at radius 2 is 1.89 bits per heavy atom. The predicted octanol–water partition coefficient (Wildman–Crippen LogP) is 2.46. The van der Waals surface area contributed by atoms with Gasteiger partial charge in [0.15, 0.2) is 0 Å². The van der Waals surface area contributed by atoms with Gasteiger partial charge in [-0.2, -0.15) is 0 Å². The van der Waals surface area contributed by atoms with Crippen molar-refractivity contribution in [1.82, 2.24) is 4.90 Å². The molecule has 0 atom stereocenters. The Labute approximate surface area is 109 Å². The number of rotatable bonds is 8. The third-order valence-corrected chi connectivity index (χ3v) is 3.28. The first-order valence-corrected chi connectivity index (χ1v) is 7.00. The van der Waals surface area contributed by atoms with Gasteiger partial charge in [-0.3, -0.25) is 19.3 Å². The van der Waals surface area contributed by atoms with E-state index in [2.05, 4.69) is 6.92 Å². The molecule has 4 heteroatoms. The third kappa shape index (κ3) is 4.98. The van der Waals surface area contributed by atoms with Gasteiger partial charge in [0, 0.05) is 19.4 Å². The maximum atomic E-state index is 11.7. The summed E-state index contributed by atoms with van der Waals surface area (Å²) in [5, 5.41) is 0. The van der Waals surface area contributed by atoms with E-state index in [0.717, 1.165) is 25.7 Å². The van der Waals surface area contributed by atoms with Crippen LogP contribution < -0.4 is 0 Å². The molecule has 18 heavy (non-hydrogen) atoms. The molecule has 4 nitrogen and oxygen atoms in total. The number of hydrogen-bond donors (Lipinski definition) is 0. The van der Waals surface area contributed by atoms with Crippen LogP contribution in [0.1, 0.15) is 64.7 Å². The van der Waals surface area contributed by atoms with Crippen molar-refractivity contribution < 1.29 is 14.4 Å². The van der Waals surface area contributed by atoms with Crippen molar-refractivity contribution in [3.63, 3.8) is 0 Å². The monoisotopic (exact) mass is 253 g/mol. The summed E-state index contributed by atoms with van der Waals surface area (Å²) < 4.78 is 0. The highest BCUT2D eigenvalue weighted by molar-refractivity contribution is 6.05. The molecule has 0 N–H and O–H groups in total.